The van der Waals surface area contributed by atoms with Crippen molar-refractivity contribution in [2.45, 2.75) is 43.7 Å². The van der Waals surface area contributed by atoms with E-state index in [9.17, 15) is 5.21 Å². The quantitative estimate of drug-likeness (QED) is 0.356. The smallest absolute Gasteiger partial charge is 0.0867 e. The molecular formula is C7H16INO. The van der Waals surface area contributed by atoms with Crippen molar-refractivity contribution in [1.29, 1.82) is 0 Å². The highest BCUT2D eigenvalue weighted by atomic mass is 127. The van der Waals surface area contributed by atoms with Crippen LogP contribution in [-0.2, 0) is 0 Å². The van der Waals surface area contributed by atoms with Gasteiger partial charge in [0.1, 0.15) is 0 Å². The van der Waals surface area contributed by atoms with Gasteiger partial charge in [-0.15, -0.1) is 0 Å². The van der Waals surface area contributed by atoms with Gasteiger partial charge in [0.05, 0.1) is 4.05 Å². The number of hydrogen-bond acceptors (Lipinski definition) is 2. The van der Waals surface area contributed by atoms with E-state index in [2.05, 4.69) is 29.5 Å². The lowest BCUT2D eigenvalue weighted by Gasteiger charge is -2.32. The van der Waals surface area contributed by atoms with E-state index in [4.69, 9.17) is 0 Å². The van der Waals surface area contributed by atoms with E-state index in [-0.39, 0.29) is 9.59 Å². The Morgan fingerprint density at radius 2 is 1.90 bits per heavy atom. The summed E-state index contributed by atoms with van der Waals surface area (Å²) in [6.07, 6.45) is 0.967. The van der Waals surface area contributed by atoms with Crippen molar-refractivity contribution in [3.05, 3.63) is 0 Å². The predicted octanol–water partition coefficient (Wildman–Crippen LogP) is 2.65. The second-order valence-corrected chi connectivity index (χ2v) is 4.80. The van der Waals surface area contributed by atoms with E-state index in [0.717, 1.165) is 6.42 Å². The molecule has 0 heterocycles. The van der Waals surface area contributed by atoms with Crippen molar-refractivity contribution in [2.75, 3.05) is 0 Å². The van der Waals surface area contributed by atoms with Gasteiger partial charge < -0.3 is 5.21 Å². The number of alkyl halides is 1. The minimum atomic E-state index is -0.137. The minimum absolute atomic E-state index is 0.137. The van der Waals surface area contributed by atoms with Crippen LogP contribution in [0.4, 0.5) is 0 Å². The first-order valence-electron chi connectivity index (χ1n) is 3.52. The fourth-order valence-electron chi connectivity index (χ4n) is 0.593. The molecule has 0 radical (unpaired) electrons. The molecule has 0 rings (SSSR count). The third kappa shape index (κ3) is 3.16. The summed E-state index contributed by atoms with van der Waals surface area (Å²) in [5.74, 6) is 0. The average molecular weight is 257 g/mol. The zero-order chi connectivity index (χ0) is 8.36. The Balaban J connectivity index is 3.94. The first kappa shape index (κ1) is 10.7. The normalized spacial score (nSPS) is 15.9. The zero-order valence-electron chi connectivity index (χ0n) is 7.06. The summed E-state index contributed by atoms with van der Waals surface area (Å²) in [5.41, 5.74) is -0.137. The number of halogens is 1. The molecule has 3 heteroatoms. The number of hydroxylamine groups is 2. The van der Waals surface area contributed by atoms with Crippen LogP contribution in [0.1, 0.15) is 34.1 Å². The molecule has 0 fully saturated rings. The largest absolute Gasteiger partial charge is 0.312 e. The highest BCUT2D eigenvalue weighted by Gasteiger charge is 2.23. The molecule has 0 aromatic carbocycles. The summed E-state index contributed by atoms with van der Waals surface area (Å²) in [6.45, 7) is 8.04. The average Bonchev–Trinajstić information content (AvgIpc) is 1.83. The third-order valence-corrected chi connectivity index (χ3v) is 2.70. The Labute approximate surface area is 76.7 Å². The minimum Gasteiger partial charge on any atom is -0.312 e. The van der Waals surface area contributed by atoms with Crippen LogP contribution < -0.4 is 0 Å². The molecule has 0 spiro atoms. The monoisotopic (exact) mass is 257 g/mol. The molecule has 0 aromatic rings. The van der Waals surface area contributed by atoms with Crippen LogP contribution in [0.5, 0.6) is 0 Å². The second kappa shape index (κ2) is 3.88. The number of nitrogens with zero attached hydrogens (tertiary/aromatic N) is 1. The van der Waals surface area contributed by atoms with Gasteiger partial charge in [-0.05, 0) is 27.2 Å². The standard InChI is InChI=1S/C7H16INO/c1-5-6(8)9(10)7(2,3)4/h6,10H,5H2,1-4H3. The van der Waals surface area contributed by atoms with Crippen molar-refractivity contribution in [2.24, 2.45) is 0 Å². The summed E-state index contributed by atoms with van der Waals surface area (Å²) < 4.78 is 0.220. The molecule has 0 aliphatic heterocycles. The van der Waals surface area contributed by atoms with E-state index < -0.39 is 0 Å². The molecule has 1 atom stereocenters. The van der Waals surface area contributed by atoms with E-state index in [1.807, 2.05) is 20.8 Å². The van der Waals surface area contributed by atoms with Crippen LogP contribution in [0.2, 0.25) is 0 Å². The maximum Gasteiger partial charge on any atom is 0.0867 e. The summed E-state index contributed by atoms with van der Waals surface area (Å²) in [7, 11) is 0. The van der Waals surface area contributed by atoms with Crippen molar-refractivity contribution in [3.8, 4) is 0 Å². The maximum absolute atomic E-state index is 9.48. The van der Waals surface area contributed by atoms with Gasteiger partial charge in [-0.3, -0.25) is 0 Å². The van der Waals surface area contributed by atoms with Crippen LogP contribution in [0.25, 0.3) is 0 Å². The van der Waals surface area contributed by atoms with E-state index >= 15 is 0 Å². The molecule has 0 aliphatic rings. The van der Waals surface area contributed by atoms with Crippen LogP contribution in [0.3, 0.4) is 0 Å². The maximum atomic E-state index is 9.48. The fraction of sp³-hybridized carbons (Fsp3) is 1.00. The lowest BCUT2D eigenvalue weighted by Crippen LogP contribution is -2.42. The lowest BCUT2D eigenvalue weighted by molar-refractivity contribution is -0.161. The lowest BCUT2D eigenvalue weighted by atomic mass is 10.1. The molecule has 10 heavy (non-hydrogen) atoms. The Morgan fingerprint density at radius 3 is 2.00 bits per heavy atom. The van der Waals surface area contributed by atoms with Crippen molar-refractivity contribution in [1.82, 2.24) is 5.06 Å². The van der Waals surface area contributed by atoms with E-state index in [1.165, 1.54) is 5.06 Å². The summed E-state index contributed by atoms with van der Waals surface area (Å²) in [5, 5.41) is 10.9. The number of rotatable bonds is 2. The zero-order valence-corrected chi connectivity index (χ0v) is 9.21. The van der Waals surface area contributed by atoms with Crippen LogP contribution in [0, 0.1) is 0 Å². The van der Waals surface area contributed by atoms with Crippen molar-refractivity contribution in [3.63, 3.8) is 0 Å². The first-order chi connectivity index (χ1) is 4.39. The molecular weight excluding hydrogens is 241 g/mol. The van der Waals surface area contributed by atoms with Crippen LogP contribution in [0.15, 0.2) is 0 Å². The molecule has 0 saturated carbocycles. The fourth-order valence-corrected chi connectivity index (χ4v) is 1.43. The van der Waals surface area contributed by atoms with Gasteiger partial charge in [0.25, 0.3) is 0 Å². The first-order valence-corrected chi connectivity index (χ1v) is 4.76. The van der Waals surface area contributed by atoms with E-state index in [0.29, 0.717) is 0 Å². The van der Waals surface area contributed by atoms with Crippen LogP contribution in [-0.4, -0.2) is 19.9 Å². The van der Waals surface area contributed by atoms with Gasteiger partial charge in [0.2, 0.25) is 0 Å². The molecule has 62 valence electrons. The Kier molecular flexibility index (Phi) is 4.13. The van der Waals surface area contributed by atoms with Gasteiger partial charge in [-0.2, -0.15) is 5.06 Å². The SMILES string of the molecule is CCC(I)N(O)C(C)(C)C. The molecule has 0 saturated heterocycles. The topological polar surface area (TPSA) is 23.5 Å². The summed E-state index contributed by atoms with van der Waals surface area (Å²) in [4.78, 5) is 0. The van der Waals surface area contributed by atoms with Gasteiger partial charge in [0, 0.05) is 5.54 Å². The highest BCUT2D eigenvalue weighted by Crippen LogP contribution is 2.19. The van der Waals surface area contributed by atoms with Crippen LogP contribution >= 0.6 is 22.6 Å². The van der Waals surface area contributed by atoms with Gasteiger partial charge in [-0.25, -0.2) is 0 Å². The Bertz CT molecular complexity index is 100. The second-order valence-electron chi connectivity index (χ2n) is 3.36. The van der Waals surface area contributed by atoms with Crippen molar-refractivity contribution < 1.29 is 5.21 Å². The Morgan fingerprint density at radius 1 is 1.50 bits per heavy atom. The predicted molar refractivity (Wildman–Crippen MR) is 51.5 cm³/mol. The van der Waals surface area contributed by atoms with E-state index in [1.54, 1.807) is 0 Å². The summed E-state index contributed by atoms with van der Waals surface area (Å²) >= 11 is 2.23. The third-order valence-electron chi connectivity index (χ3n) is 1.29. The molecule has 0 amide bonds. The Hall–Kier alpha value is 0.650. The van der Waals surface area contributed by atoms with Gasteiger partial charge >= 0.3 is 0 Å². The number of hydrogen-bond donors (Lipinski definition) is 1. The van der Waals surface area contributed by atoms with Gasteiger partial charge in [0.15, 0.2) is 0 Å². The summed E-state index contributed by atoms with van der Waals surface area (Å²) in [6, 6.07) is 0. The molecule has 1 unspecified atom stereocenters. The molecule has 0 aromatic heterocycles. The molecule has 0 bridgehead atoms. The molecule has 0 aliphatic carbocycles. The van der Waals surface area contributed by atoms with Crippen molar-refractivity contribution >= 4 is 22.6 Å². The molecule has 2 nitrogen and oxygen atoms in total. The molecule has 1 N–H and O–H groups in total. The highest BCUT2D eigenvalue weighted by molar-refractivity contribution is 14.1. The van der Waals surface area contributed by atoms with Gasteiger partial charge in [-0.1, -0.05) is 29.5 Å².